The average molecular weight is 483 g/mol. The van der Waals surface area contributed by atoms with Gasteiger partial charge < -0.3 is 41.0 Å². The van der Waals surface area contributed by atoms with E-state index in [9.17, 15) is 24.6 Å². The van der Waals surface area contributed by atoms with Gasteiger partial charge in [0.1, 0.15) is 0 Å². The fourth-order valence-corrected chi connectivity index (χ4v) is 3.55. The van der Waals surface area contributed by atoms with Crippen LogP contribution in [0.4, 0.5) is 5.69 Å². The van der Waals surface area contributed by atoms with E-state index in [-0.39, 0.29) is 26.3 Å². The number of nitrogens with one attached hydrogen (secondary N) is 4. The van der Waals surface area contributed by atoms with Gasteiger partial charge in [-0.15, -0.1) is 0 Å². The second-order valence-electron chi connectivity index (χ2n) is 7.94. The molecule has 35 heavy (non-hydrogen) atoms. The number of carboxylic acid groups (broad SMARTS) is 1. The number of anilines is 1. The Kier molecular flexibility index (Phi) is 7.31. The molecule has 4 rings (SSSR count). The molecule has 0 saturated heterocycles. The summed E-state index contributed by atoms with van der Waals surface area (Å²) in [6.07, 6.45) is -0.883. The molecule has 12 nitrogen and oxygen atoms in total. The third-order valence-corrected chi connectivity index (χ3v) is 5.28. The van der Waals surface area contributed by atoms with Crippen molar-refractivity contribution < 1.29 is 34.1 Å². The normalized spacial score (nSPS) is 16.9. The van der Waals surface area contributed by atoms with E-state index in [1.807, 2.05) is 0 Å². The molecule has 0 spiro atoms. The van der Waals surface area contributed by atoms with Crippen molar-refractivity contribution in [2.75, 3.05) is 31.7 Å². The zero-order chi connectivity index (χ0) is 24.8. The van der Waals surface area contributed by atoms with E-state index < -0.39 is 29.9 Å². The lowest BCUT2D eigenvalue weighted by atomic mass is 10.0. The van der Waals surface area contributed by atoms with E-state index in [1.165, 1.54) is 0 Å². The number of carbonyl (C=O) groups is 3. The number of hydrogen-bond acceptors (Lipinski definition) is 9. The number of nitrogens with zero attached hydrogens (tertiary/aromatic N) is 1. The molecule has 0 aromatic heterocycles. The van der Waals surface area contributed by atoms with Gasteiger partial charge in [-0.1, -0.05) is 12.1 Å². The number of ether oxygens (including phenoxy) is 2. The van der Waals surface area contributed by atoms with Crippen molar-refractivity contribution in [3.8, 4) is 11.5 Å². The number of benzene rings is 2. The summed E-state index contributed by atoms with van der Waals surface area (Å²) in [7, 11) is 0. The molecule has 0 radical (unpaired) electrons. The fourth-order valence-electron chi connectivity index (χ4n) is 3.55. The summed E-state index contributed by atoms with van der Waals surface area (Å²) in [5.41, 5.74) is 1.47. The van der Waals surface area contributed by atoms with Crippen LogP contribution in [0, 0.1) is 0 Å². The van der Waals surface area contributed by atoms with Crippen LogP contribution in [-0.2, 0) is 9.59 Å². The zero-order valence-electron chi connectivity index (χ0n) is 18.6. The zero-order valence-corrected chi connectivity index (χ0v) is 18.6. The molecule has 2 unspecified atom stereocenters. The van der Waals surface area contributed by atoms with Crippen molar-refractivity contribution in [1.29, 1.82) is 0 Å². The van der Waals surface area contributed by atoms with E-state index in [1.54, 1.807) is 42.5 Å². The smallest absolute Gasteiger partial charge is 0.305 e. The van der Waals surface area contributed by atoms with E-state index in [4.69, 9.17) is 9.47 Å². The summed E-state index contributed by atoms with van der Waals surface area (Å²) in [6.45, 7) is 0.380. The number of aliphatic carboxylic acids is 1. The average Bonchev–Trinajstić information content (AvgIpc) is 3.31. The molecule has 0 saturated carbocycles. The number of aliphatic hydroxyl groups is 1. The van der Waals surface area contributed by atoms with E-state index in [2.05, 4.69) is 26.3 Å². The predicted octanol–water partition coefficient (Wildman–Crippen LogP) is 0.209. The van der Waals surface area contributed by atoms with Gasteiger partial charge in [0.15, 0.2) is 17.5 Å². The Morgan fingerprint density at radius 3 is 2.74 bits per heavy atom. The van der Waals surface area contributed by atoms with Crippen LogP contribution < -0.4 is 30.7 Å². The molecule has 2 aliphatic rings. The quantitative estimate of drug-likeness (QED) is 0.307. The van der Waals surface area contributed by atoms with Crippen LogP contribution in [0.25, 0.3) is 0 Å². The van der Waals surface area contributed by atoms with E-state index >= 15 is 0 Å². The minimum atomic E-state index is -1.09. The van der Waals surface area contributed by atoms with Gasteiger partial charge in [0.2, 0.25) is 12.7 Å². The predicted molar refractivity (Wildman–Crippen MR) is 124 cm³/mol. The molecule has 184 valence electrons. The van der Waals surface area contributed by atoms with Gasteiger partial charge in [-0.2, -0.15) is 0 Å². The number of guanidine groups is 1. The van der Waals surface area contributed by atoms with E-state index in [0.29, 0.717) is 40.8 Å². The molecule has 2 aromatic carbocycles. The first-order valence-corrected chi connectivity index (χ1v) is 10.9. The fraction of sp³-hybridized carbons (Fsp3) is 0.304. The highest BCUT2D eigenvalue weighted by atomic mass is 16.7. The number of rotatable bonds is 8. The standard InChI is InChI=1S/C23H25N5O7/c29-16-9-25-23(26-10-16)27-15-3-1-2-14(6-15)22(33)24-11-20(30)28-17(8-21(31)32)13-4-5-18-19(7-13)35-12-34-18/h1-7,16-17,29H,8-12H2,(H,24,33)(H,28,30)(H,31,32)(H2,25,26,27). The Morgan fingerprint density at radius 1 is 1.14 bits per heavy atom. The third-order valence-electron chi connectivity index (χ3n) is 5.28. The van der Waals surface area contributed by atoms with Crippen LogP contribution in [-0.4, -0.2) is 66.5 Å². The lowest BCUT2D eigenvalue weighted by Gasteiger charge is -2.20. The van der Waals surface area contributed by atoms with E-state index in [0.717, 1.165) is 0 Å². The van der Waals surface area contributed by atoms with Gasteiger partial charge in [0.25, 0.3) is 5.91 Å². The number of aliphatic hydroxyl groups excluding tert-OH is 1. The summed E-state index contributed by atoms with van der Waals surface area (Å²) in [5.74, 6) is -0.610. The number of hydrogen-bond donors (Lipinski definition) is 6. The van der Waals surface area contributed by atoms with Crippen LogP contribution in [0.2, 0.25) is 0 Å². The van der Waals surface area contributed by atoms with Crippen LogP contribution in [0.5, 0.6) is 11.5 Å². The van der Waals surface area contributed by atoms with Crippen molar-refractivity contribution >= 4 is 29.4 Å². The first-order valence-electron chi connectivity index (χ1n) is 10.9. The van der Waals surface area contributed by atoms with Crippen molar-refractivity contribution in [2.45, 2.75) is 18.6 Å². The molecule has 0 fully saturated rings. The number of aliphatic imine (C=N–C) groups is 1. The monoisotopic (exact) mass is 483 g/mol. The van der Waals surface area contributed by atoms with Gasteiger partial charge in [0.05, 0.1) is 31.7 Å². The van der Waals surface area contributed by atoms with Crippen LogP contribution in [0.3, 0.4) is 0 Å². The third kappa shape index (κ3) is 6.38. The Bertz CT molecular complexity index is 1150. The summed E-state index contributed by atoms with van der Waals surface area (Å²) < 4.78 is 10.6. The number of amides is 2. The number of carbonyl (C=O) groups excluding carboxylic acids is 2. The highest BCUT2D eigenvalue weighted by Gasteiger charge is 2.22. The molecule has 2 aliphatic heterocycles. The molecule has 2 aromatic rings. The summed E-state index contributed by atoms with van der Waals surface area (Å²) in [6, 6.07) is 10.7. The molecule has 12 heteroatoms. The largest absolute Gasteiger partial charge is 0.481 e. The van der Waals surface area contributed by atoms with Gasteiger partial charge in [0, 0.05) is 17.8 Å². The van der Waals surface area contributed by atoms with Crippen molar-refractivity contribution in [3.05, 3.63) is 53.6 Å². The lowest BCUT2D eigenvalue weighted by molar-refractivity contribution is -0.137. The first-order chi connectivity index (χ1) is 16.9. The maximum Gasteiger partial charge on any atom is 0.305 e. The Balaban J connectivity index is 1.34. The SMILES string of the molecule is O=C(O)CC(NC(=O)CNC(=O)c1cccc(NC2=NCC(O)CN2)c1)c1ccc2c(c1)OCO2. The summed E-state index contributed by atoms with van der Waals surface area (Å²) in [5, 5.41) is 29.9. The molecule has 6 N–H and O–H groups in total. The number of β-amino-alcohol motifs (C(OH)–C–C–N with tert-alkyl or cyclic N) is 1. The maximum absolute atomic E-state index is 12.6. The van der Waals surface area contributed by atoms with Crippen molar-refractivity contribution in [3.63, 3.8) is 0 Å². The Hall–Kier alpha value is -4.32. The lowest BCUT2D eigenvalue weighted by Crippen LogP contribution is -2.42. The molecule has 0 bridgehead atoms. The van der Waals surface area contributed by atoms with Crippen LogP contribution in [0.15, 0.2) is 47.5 Å². The molecule has 2 atom stereocenters. The topological polar surface area (TPSA) is 171 Å². The Labute approximate surface area is 200 Å². The molecule has 2 amide bonds. The number of carboxylic acids is 1. The highest BCUT2D eigenvalue weighted by Crippen LogP contribution is 2.34. The molecular formula is C23H25N5O7. The minimum absolute atomic E-state index is 0.0746. The van der Waals surface area contributed by atoms with Crippen LogP contribution in [0.1, 0.15) is 28.4 Å². The summed E-state index contributed by atoms with van der Waals surface area (Å²) >= 11 is 0. The van der Waals surface area contributed by atoms with Gasteiger partial charge in [-0.05, 0) is 35.9 Å². The highest BCUT2D eigenvalue weighted by molar-refractivity contribution is 5.99. The van der Waals surface area contributed by atoms with Crippen LogP contribution >= 0.6 is 0 Å². The molecule has 0 aliphatic carbocycles. The second kappa shape index (κ2) is 10.7. The van der Waals surface area contributed by atoms with Crippen molar-refractivity contribution in [1.82, 2.24) is 16.0 Å². The van der Waals surface area contributed by atoms with Crippen molar-refractivity contribution in [2.24, 2.45) is 4.99 Å². The van der Waals surface area contributed by atoms with Gasteiger partial charge in [-0.3, -0.25) is 19.4 Å². The second-order valence-corrected chi connectivity index (χ2v) is 7.94. The number of fused-ring (bicyclic) bond motifs is 1. The summed E-state index contributed by atoms with van der Waals surface area (Å²) in [4.78, 5) is 40.6. The molecular weight excluding hydrogens is 458 g/mol. The maximum atomic E-state index is 12.6. The first kappa shape index (κ1) is 23.8. The van der Waals surface area contributed by atoms with Gasteiger partial charge in [-0.25, -0.2) is 0 Å². The molecule has 2 heterocycles. The van der Waals surface area contributed by atoms with Gasteiger partial charge >= 0.3 is 5.97 Å². The Morgan fingerprint density at radius 2 is 1.97 bits per heavy atom. The minimum Gasteiger partial charge on any atom is -0.481 e.